The van der Waals surface area contributed by atoms with Crippen LogP contribution in [-0.4, -0.2) is 10.9 Å². The van der Waals surface area contributed by atoms with E-state index < -0.39 is 0 Å². The molecule has 1 aromatic heterocycles. The van der Waals surface area contributed by atoms with Crippen LogP contribution in [-0.2, 0) is 4.79 Å². The minimum Gasteiger partial charge on any atom is -0.326 e. The second-order valence-electron chi connectivity index (χ2n) is 4.80. The monoisotopic (exact) mass is 312 g/mol. The number of rotatable bonds is 3. The topological polar surface area (TPSA) is 42.0 Å². The maximum absolute atomic E-state index is 13.0. The van der Waals surface area contributed by atoms with Gasteiger partial charge in [-0.2, -0.15) is 0 Å². The number of aromatic nitrogens is 1. The Morgan fingerprint density at radius 3 is 2.32 bits per heavy atom. The molecule has 0 atom stereocenters. The third-order valence-corrected chi connectivity index (χ3v) is 3.99. The van der Waals surface area contributed by atoms with Gasteiger partial charge in [-0.1, -0.05) is 12.1 Å². The smallest absolute Gasteiger partial charge is 0.221 e. The number of benzene rings is 2. The zero-order valence-electron chi connectivity index (χ0n) is 11.8. The molecule has 5 heteroatoms. The average molecular weight is 312 g/mol. The molecule has 1 heterocycles. The molecule has 0 unspecified atom stereocenters. The van der Waals surface area contributed by atoms with Crippen molar-refractivity contribution in [3.8, 4) is 21.8 Å². The number of halogens is 1. The SMILES string of the molecule is CC(=O)Nc1ccc(-c2csc(-c3ccc(F)cc3)n2)cc1. The fourth-order valence-corrected chi connectivity index (χ4v) is 2.89. The Bertz CT molecular complexity index is 794. The molecule has 110 valence electrons. The molecule has 1 N–H and O–H groups in total. The first-order valence-corrected chi connectivity index (χ1v) is 7.59. The molecule has 0 bridgehead atoms. The van der Waals surface area contributed by atoms with E-state index in [0.29, 0.717) is 0 Å². The van der Waals surface area contributed by atoms with Crippen LogP contribution in [0.2, 0.25) is 0 Å². The standard InChI is InChI=1S/C17H13FN2OS/c1-11(21)19-15-8-4-12(5-9-15)16-10-22-17(20-16)13-2-6-14(18)7-3-13/h2-10H,1H3,(H,19,21). The van der Waals surface area contributed by atoms with E-state index in [-0.39, 0.29) is 11.7 Å². The van der Waals surface area contributed by atoms with Gasteiger partial charge in [0.15, 0.2) is 0 Å². The van der Waals surface area contributed by atoms with Crippen molar-refractivity contribution >= 4 is 22.9 Å². The molecule has 0 fully saturated rings. The molecule has 3 nitrogen and oxygen atoms in total. The molecule has 0 aliphatic rings. The zero-order chi connectivity index (χ0) is 15.5. The molecule has 0 aliphatic carbocycles. The molecule has 0 spiro atoms. The van der Waals surface area contributed by atoms with Crippen LogP contribution in [0.3, 0.4) is 0 Å². The van der Waals surface area contributed by atoms with Crippen LogP contribution in [0, 0.1) is 5.82 Å². The summed E-state index contributed by atoms with van der Waals surface area (Å²) in [6.45, 7) is 1.48. The highest BCUT2D eigenvalue weighted by molar-refractivity contribution is 7.13. The molecule has 22 heavy (non-hydrogen) atoms. The molecule has 0 saturated carbocycles. The average Bonchev–Trinajstić information content (AvgIpc) is 2.98. The van der Waals surface area contributed by atoms with Crippen LogP contribution in [0.15, 0.2) is 53.9 Å². The second-order valence-corrected chi connectivity index (χ2v) is 5.66. The quantitative estimate of drug-likeness (QED) is 0.769. The van der Waals surface area contributed by atoms with E-state index in [4.69, 9.17) is 0 Å². The summed E-state index contributed by atoms with van der Waals surface area (Å²) in [5.74, 6) is -0.353. The van der Waals surface area contributed by atoms with Crippen molar-refractivity contribution in [3.05, 3.63) is 59.7 Å². The highest BCUT2D eigenvalue weighted by Gasteiger charge is 2.07. The highest BCUT2D eigenvalue weighted by atomic mass is 32.1. The van der Waals surface area contributed by atoms with Crippen molar-refractivity contribution in [1.29, 1.82) is 0 Å². The summed E-state index contributed by atoms with van der Waals surface area (Å²) >= 11 is 1.51. The van der Waals surface area contributed by atoms with Gasteiger partial charge in [0.1, 0.15) is 10.8 Å². The summed E-state index contributed by atoms with van der Waals surface area (Å²) in [5, 5.41) is 5.54. The second kappa shape index (κ2) is 6.07. The van der Waals surface area contributed by atoms with Crippen LogP contribution < -0.4 is 5.32 Å². The maximum Gasteiger partial charge on any atom is 0.221 e. The molecule has 0 aliphatic heterocycles. The lowest BCUT2D eigenvalue weighted by molar-refractivity contribution is -0.114. The molecule has 1 amide bonds. The predicted octanol–water partition coefficient (Wildman–Crippen LogP) is 4.57. The molecular weight excluding hydrogens is 299 g/mol. The molecular formula is C17H13FN2OS. The number of amides is 1. The van der Waals surface area contributed by atoms with Crippen LogP contribution in [0.25, 0.3) is 21.8 Å². The van der Waals surface area contributed by atoms with Crippen molar-refractivity contribution in [2.45, 2.75) is 6.92 Å². The fraction of sp³-hybridized carbons (Fsp3) is 0.0588. The lowest BCUT2D eigenvalue weighted by Crippen LogP contribution is -2.05. The predicted molar refractivity (Wildman–Crippen MR) is 87.2 cm³/mol. The van der Waals surface area contributed by atoms with Crippen LogP contribution in [0.1, 0.15) is 6.92 Å². The minimum atomic E-state index is -0.255. The van der Waals surface area contributed by atoms with Crippen molar-refractivity contribution in [2.75, 3.05) is 5.32 Å². The summed E-state index contributed by atoms with van der Waals surface area (Å²) in [5.41, 5.74) is 3.48. The number of anilines is 1. The first kappa shape index (κ1) is 14.4. The maximum atomic E-state index is 13.0. The highest BCUT2D eigenvalue weighted by Crippen LogP contribution is 2.29. The van der Waals surface area contributed by atoms with Gasteiger partial charge in [-0.15, -0.1) is 11.3 Å². The zero-order valence-corrected chi connectivity index (χ0v) is 12.7. The van der Waals surface area contributed by atoms with Gasteiger partial charge in [0.25, 0.3) is 0 Å². The Labute approximate surface area is 131 Å². The van der Waals surface area contributed by atoms with Crippen LogP contribution >= 0.6 is 11.3 Å². The Balaban J connectivity index is 1.84. The van der Waals surface area contributed by atoms with E-state index in [9.17, 15) is 9.18 Å². The number of carbonyl (C=O) groups is 1. The first-order valence-electron chi connectivity index (χ1n) is 6.71. The van der Waals surface area contributed by atoms with Crippen molar-refractivity contribution in [1.82, 2.24) is 4.98 Å². The normalized spacial score (nSPS) is 10.5. The first-order chi connectivity index (χ1) is 10.6. The number of hydrogen-bond acceptors (Lipinski definition) is 3. The summed E-state index contributed by atoms with van der Waals surface area (Å²) in [6.07, 6.45) is 0. The minimum absolute atomic E-state index is 0.0972. The van der Waals surface area contributed by atoms with E-state index in [1.807, 2.05) is 29.6 Å². The lowest BCUT2D eigenvalue weighted by Gasteiger charge is -2.02. The van der Waals surface area contributed by atoms with Crippen molar-refractivity contribution < 1.29 is 9.18 Å². The van der Waals surface area contributed by atoms with Crippen LogP contribution in [0.5, 0.6) is 0 Å². The Kier molecular flexibility index (Phi) is 3.98. The van der Waals surface area contributed by atoms with Gasteiger partial charge in [0.05, 0.1) is 5.69 Å². The van der Waals surface area contributed by atoms with Crippen molar-refractivity contribution in [2.24, 2.45) is 0 Å². The van der Waals surface area contributed by atoms with Gasteiger partial charge in [0.2, 0.25) is 5.91 Å². The van der Waals surface area contributed by atoms with Gasteiger partial charge < -0.3 is 5.32 Å². The van der Waals surface area contributed by atoms with Gasteiger partial charge in [-0.25, -0.2) is 9.37 Å². The van der Waals surface area contributed by atoms with E-state index in [1.165, 1.54) is 30.4 Å². The van der Waals surface area contributed by atoms with Gasteiger partial charge >= 0.3 is 0 Å². The molecule has 3 aromatic rings. The van der Waals surface area contributed by atoms with Crippen LogP contribution in [0.4, 0.5) is 10.1 Å². The fourth-order valence-electron chi connectivity index (χ4n) is 2.06. The van der Waals surface area contributed by atoms with Gasteiger partial charge in [-0.05, 0) is 36.4 Å². The number of carbonyl (C=O) groups excluding carboxylic acids is 1. The van der Waals surface area contributed by atoms with Gasteiger partial charge in [0, 0.05) is 29.1 Å². The molecule has 0 radical (unpaired) electrons. The molecule has 0 saturated heterocycles. The van der Waals surface area contributed by atoms with E-state index in [0.717, 1.165) is 27.5 Å². The van der Waals surface area contributed by atoms with Crippen molar-refractivity contribution in [3.63, 3.8) is 0 Å². The summed E-state index contributed by atoms with van der Waals surface area (Å²) in [6, 6.07) is 13.8. The summed E-state index contributed by atoms with van der Waals surface area (Å²) in [4.78, 5) is 15.6. The third-order valence-electron chi connectivity index (χ3n) is 3.10. The number of nitrogens with zero attached hydrogens (tertiary/aromatic N) is 1. The summed E-state index contributed by atoms with van der Waals surface area (Å²) < 4.78 is 13.0. The third kappa shape index (κ3) is 3.20. The van der Waals surface area contributed by atoms with Gasteiger partial charge in [-0.3, -0.25) is 4.79 Å². The van der Waals surface area contributed by atoms with E-state index in [1.54, 1.807) is 12.1 Å². The number of nitrogens with one attached hydrogen (secondary N) is 1. The Hall–Kier alpha value is -2.53. The molecule has 3 rings (SSSR count). The number of thiazole rings is 1. The molecule has 2 aromatic carbocycles. The lowest BCUT2D eigenvalue weighted by atomic mass is 10.1. The Morgan fingerprint density at radius 2 is 1.68 bits per heavy atom. The Morgan fingerprint density at radius 1 is 1.05 bits per heavy atom. The van der Waals surface area contributed by atoms with E-state index in [2.05, 4.69) is 10.3 Å². The summed E-state index contributed by atoms with van der Waals surface area (Å²) in [7, 11) is 0. The van der Waals surface area contributed by atoms with E-state index >= 15 is 0 Å². The number of hydrogen-bond donors (Lipinski definition) is 1. The largest absolute Gasteiger partial charge is 0.326 e.